The SMILES string of the molecule is COc1ccc(NC(=O)CSc2ccc(NC(=O)C(=Cc3c[nH]c4ccccc34)NC(=O)c3ccccc3)cc2)cc1OC. The van der Waals surface area contributed by atoms with Gasteiger partial charge in [-0.3, -0.25) is 14.4 Å². The summed E-state index contributed by atoms with van der Waals surface area (Å²) < 4.78 is 10.5. The fourth-order valence-electron chi connectivity index (χ4n) is 4.40. The number of fused-ring (bicyclic) bond motifs is 1. The van der Waals surface area contributed by atoms with Crippen molar-refractivity contribution in [1.82, 2.24) is 10.3 Å². The van der Waals surface area contributed by atoms with E-state index in [0.717, 1.165) is 21.4 Å². The minimum absolute atomic E-state index is 0.0916. The summed E-state index contributed by atoms with van der Waals surface area (Å²) in [5.74, 6) is 0.226. The molecule has 0 saturated heterocycles. The van der Waals surface area contributed by atoms with Crippen LogP contribution in [0.2, 0.25) is 0 Å². The molecule has 222 valence electrons. The number of hydrogen-bond donors (Lipinski definition) is 4. The molecule has 1 heterocycles. The van der Waals surface area contributed by atoms with Gasteiger partial charge in [0.1, 0.15) is 5.70 Å². The molecule has 4 aromatic carbocycles. The molecule has 0 aliphatic carbocycles. The van der Waals surface area contributed by atoms with Crippen LogP contribution >= 0.6 is 11.8 Å². The van der Waals surface area contributed by atoms with Crippen LogP contribution in [0.1, 0.15) is 15.9 Å². The van der Waals surface area contributed by atoms with Crippen molar-refractivity contribution in [2.24, 2.45) is 0 Å². The average molecular weight is 607 g/mol. The summed E-state index contributed by atoms with van der Waals surface area (Å²) in [7, 11) is 3.08. The molecule has 5 rings (SSSR count). The summed E-state index contributed by atoms with van der Waals surface area (Å²) in [6, 6.07) is 28.7. The van der Waals surface area contributed by atoms with Crippen molar-refractivity contribution >= 4 is 57.8 Å². The third-order valence-corrected chi connectivity index (χ3v) is 7.61. The van der Waals surface area contributed by atoms with E-state index in [1.165, 1.54) is 18.9 Å². The van der Waals surface area contributed by atoms with E-state index in [-0.39, 0.29) is 17.4 Å². The van der Waals surface area contributed by atoms with Gasteiger partial charge in [0.05, 0.1) is 20.0 Å². The second kappa shape index (κ2) is 14.1. The number of H-pyrrole nitrogens is 1. The third kappa shape index (κ3) is 7.47. The van der Waals surface area contributed by atoms with E-state index in [1.807, 2.05) is 42.5 Å². The monoisotopic (exact) mass is 606 g/mol. The molecule has 0 radical (unpaired) electrons. The van der Waals surface area contributed by atoms with Crippen LogP contribution < -0.4 is 25.4 Å². The van der Waals surface area contributed by atoms with Gasteiger partial charge in [-0.2, -0.15) is 0 Å². The van der Waals surface area contributed by atoms with E-state index in [4.69, 9.17) is 9.47 Å². The summed E-state index contributed by atoms with van der Waals surface area (Å²) in [5.41, 5.74) is 3.33. The first-order valence-electron chi connectivity index (χ1n) is 13.6. The Bertz CT molecular complexity index is 1820. The van der Waals surface area contributed by atoms with Gasteiger partial charge in [-0.25, -0.2) is 0 Å². The highest BCUT2D eigenvalue weighted by atomic mass is 32.2. The van der Waals surface area contributed by atoms with E-state index in [1.54, 1.807) is 74.0 Å². The van der Waals surface area contributed by atoms with Crippen molar-refractivity contribution in [2.75, 3.05) is 30.6 Å². The zero-order chi connectivity index (χ0) is 30.9. The standard InChI is InChI=1S/C34H30N4O5S/c1-42-30-17-14-25(19-31(30)43-2)36-32(39)21-44-26-15-12-24(13-16-26)37-34(41)29(38-33(40)22-8-4-3-5-9-22)18-23-20-35-28-11-7-6-10-27(23)28/h3-20,35H,21H2,1-2H3,(H,36,39)(H,37,41)(H,38,40). The first-order chi connectivity index (χ1) is 21.4. The number of anilines is 2. The summed E-state index contributed by atoms with van der Waals surface area (Å²) in [5, 5.41) is 9.40. The van der Waals surface area contributed by atoms with Crippen molar-refractivity contribution in [3.8, 4) is 11.5 Å². The predicted octanol–water partition coefficient (Wildman–Crippen LogP) is 6.33. The Balaban J connectivity index is 1.24. The van der Waals surface area contributed by atoms with Crippen LogP contribution in [0.3, 0.4) is 0 Å². The molecular weight excluding hydrogens is 576 g/mol. The zero-order valence-electron chi connectivity index (χ0n) is 24.0. The molecule has 3 amide bonds. The first kappa shape index (κ1) is 30.0. The van der Waals surface area contributed by atoms with Crippen LogP contribution in [0.4, 0.5) is 11.4 Å². The van der Waals surface area contributed by atoms with Gasteiger partial charge in [-0.15, -0.1) is 11.8 Å². The van der Waals surface area contributed by atoms with E-state index in [9.17, 15) is 14.4 Å². The smallest absolute Gasteiger partial charge is 0.272 e. The molecule has 1 aromatic heterocycles. The van der Waals surface area contributed by atoms with Gasteiger partial charge < -0.3 is 30.4 Å². The summed E-state index contributed by atoms with van der Waals surface area (Å²) in [4.78, 5) is 42.9. The van der Waals surface area contributed by atoms with E-state index < -0.39 is 11.8 Å². The normalized spacial score (nSPS) is 11.1. The van der Waals surface area contributed by atoms with Crippen molar-refractivity contribution in [2.45, 2.75) is 4.90 Å². The Morgan fingerprint density at radius 2 is 1.50 bits per heavy atom. The maximum Gasteiger partial charge on any atom is 0.272 e. The highest BCUT2D eigenvalue weighted by Crippen LogP contribution is 2.30. The van der Waals surface area contributed by atoms with Gasteiger partial charge in [0, 0.05) is 50.6 Å². The molecule has 0 fully saturated rings. The first-order valence-corrected chi connectivity index (χ1v) is 14.6. The Hall–Kier alpha value is -5.48. The maximum absolute atomic E-state index is 13.4. The van der Waals surface area contributed by atoms with Gasteiger partial charge in [-0.05, 0) is 60.7 Å². The molecule has 9 nitrogen and oxygen atoms in total. The highest BCUT2D eigenvalue weighted by Gasteiger charge is 2.16. The van der Waals surface area contributed by atoms with Crippen molar-refractivity contribution in [3.05, 3.63) is 120 Å². The largest absolute Gasteiger partial charge is 0.493 e. The number of para-hydroxylation sites is 1. The Morgan fingerprint density at radius 1 is 0.795 bits per heavy atom. The van der Waals surface area contributed by atoms with E-state index in [0.29, 0.717) is 28.4 Å². The van der Waals surface area contributed by atoms with E-state index in [2.05, 4.69) is 20.9 Å². The lowest BCUT2D eigenvalue weighted by atomic mass is 10.1. The van der Waals surface area contributed by atoms with Gasteiger partial charge in [0.15, 0.2) is 11.5 Å². The number of rotatable bonds is 11. The molecule has 0 aliphatic rings. The fourth-order valence-corrected chi connectivity index (χ4v) is 5.10. The molecule has 0 bridgehead atoms. The van der Waals surface area contributed by atoms with Crippen molar-refractivity contribution < 1.29 is 23.9 Å². The van der Waals surface area contributed by atoms with Crippen LogP contribution in [0.15, 0.2) is 114 Å². The minimum Gasteiger partial charge on any atom is -0.493 e. The molecule has 0 aliphatic heterocycles. The van der Waals surface area contributed by atoms with Crippen LogP contribution in [-0.2, 0) is 9.59 Å². The van der Waals surface area contributed by atoms with Gasteiger partial charge >= 0.3 is 0 Å². The van der Waals surface area contributed by atoms with E-state index >= 15 is 0 Å². The fraction of sp³-hybridized carbons (Fsp3) is 0.0882. The topological polar surface area (TPSA) is 122 Å². The number of nitrogens with one attached hydrogen (secondary N) is 4. The Kier molecular flexibility index (Phi) is 9.63. The lowest BCUT2D eigenvalue weighted by Crippen LogP contribution is -2.30. The number of thioether (sulfide) groups is 1. The molecule has 10 heteroatoms. The third-order valence-electron chi connectivity index (χ3n) is 6.60. The lowest BCUT2D eigenvalue weighted by molar-refractivity contribution is -0.114. The van der Waals surface area contributed by atoms with Gasteiger partial charge in [0.25, 0.3) is 11.8 Å². The number of hydrogen-bond acceptors (Lipinski definition) is 6. The maximum atomic E-state index is 13.4. The molecule has 4 N–H and O–H groups in total. The van der Waals surface area contributed by atoms with Crippen LogP contribution in [-0.4, -0.2) is 42.7 Å². The summed E-state index contributed by atoms with van der Waals surface area (Å²) >= 11 is 1.36. The van der Waals surface area contributed by atoms with Crippen molar-refractivity contribution in [1.29, 1.82) is 0 Å². The number of carbonyl (C=O) groups is 3. The zero-order valence-corrected chi connectivity index (χ0v) is 24.9. The molecule has 5 aromatic rings. The summed E-state index contributed by atoms with van der Waals surface area (Å²) in [6.07, 6.45) is 3.44. The molecule has 0 atom stereocenters. The number of amides is 3. The lowest BCUT2D eigenvalue weighted by Gasteiger charge is -2.12. The number of ether oxygens (including phenoxy) is 2. The second-order valence-corrected chi connectivity index (χ2v) is 10.6. The molecule has 44 heavy (non-hydrogen) atoms. The average Bonchev–Trinajstić information content (AvgIpc) is 3.47. The van der Waals surface area contributed by atoms with Crippen molar-refractivity contribution in [3.63, 3.8) is 0 Å². The molecular formula is C34H30N4O5S. The molecule has 0 spiro atoms. The van der Waals surface area contributed by atoms with Gasteiger partial charge in [-0.1, -0.05) is 36.4 Å². The van der Waals surface area contributed by atoms with Crippen LogP contribution in [0.5, 0.6) is 11.5 Å². The number of methoxy groups -OCH3 is 2. The minimum atomic E-state index is -0.478. The predicted molar refractivity (Wildman–Crippen MR) is 174 cm³/mol. The molecule has 0 unspecified atom stereocenters. The summed E-state index contributed by atoms with van der Waals surface area (Å²) in [6.45, 7) is 0. The Labute approximate surface area is 258 Å². The highest BCUT2D eigenvalue weighted by molar-refractivity contribution is 8.00. The number of aromatic amines is 1. The number of carbonyl (C=O) groups excluding carboxylic acids is 3. The second-order valence-electron chi connectivity index (χ2n) is 9.55. The van der Waals surface area contributed by atoms with Crippen LogP contribution in [0, 0.1) is 0 Å². The quantitative estimate of drug-likeness (QED) is 0.103. The Morgan fingerprint density at radius 3 is 2.25 bits per heavy atom. The van der Waals surface area contributed by atoms with Gasteiger partial charge in [0.2, 0.25) is 5.91 Å². The van der Waals surface area contributed by atoms with Crippen LogP contribution in [0.25, 0.3) is 17.0 Å². The number of aromatic nitrogens is 1. The number of benzene rings is 4. The molecule has 0 saturated carbocycles.